The van der Waals surface area contributed by atoms with Crippen LogP contribution < -0.4 is 5.73 Å². The van der Waals surface area contributed by atoms with E-state index in [0.717, 1.165) is 12.1 Å². The molecule has 1 rings (SSSR count). The largest absolute Gasteiger partial charge is 0.507 e. The number of ketones is 1. The molecule has 0 radical (unpaired) electrons. The van der Waals surface area contributed by atoms with Crippen molar-refractivity contribution in [2.75, 3.05) is 5.73 Å². The van der Waals surface area contributed by atoms with Crippen molar-refractivity contribution >= 4 is 11.5 Å². The van der Waals surface area contributed by atoms with Crippen LogP contribution in [-0.4, -0.2) is 10.9 Å². The molecular weight excluding hydrogens is 192 g/mol. The number of alkyl halides is 2. The molecule has 0 amide bonds. The second-order valence-corrected chi connectivity index (χ2v) is 2.86. The summed E-state index contributed by atoms with van der Waals surface area (Å²) in [4.78, 5) is 10.9. The third-order valence-corrected chi connectivity index (χ3v) is 1.77. The van der Waals surface area contributed by atoms with E-state index in [9.17, 15) is 18.7 Å². The fourth-order valence-electron chi connectivity index (χ4n) is 1.18. The van der Waals surface area contributed by atoms with Gasteiger partial charge in [0.1, 0.15) is 5.75 Å². The number of halogens is 2. The van der Waals surface area contributed by atoms with Gasteiger partial charge in [0.2, 0.25) is 0 Å². The standard InChI is InChI=1S/C9H9F2NO2/c1-4(13)8-6(12)2-5(9(10)11)3-7(8)14/h2-3,9,14H,12H2,1H3. The monoisotopic (exact) mass is 201 g/mol. The highest BCUT2D eigenvalue weighted by atomic mass is 19.3. The second kappa shape index (κ2) is 3.61. The first kappa shape index (κ1) is 10.4. The number of hydrogen-bond donors (Lipinski definition) is 2. The number of benzene rings is 1. The third-order valence-electron chi connectivity index (χ3n) is 1.77. The van der Waals surface area contributed by atoms with E-state index in [1.165, 1.54) is 6.92 Å². The minimum absolute atomic E-state index is 0.116. The van der Waals surface area contributed by atoms with Crippen LogP contribution >= 0.6 is 0 Å². The van der Waals surface area contributed by atoms with E-state index in [2.05, 4.69) is 0 Å². The van der Waals surface area contributed by atoms with Gasteiger partial charge in [-0.1, -0.05) is 0 Å². The number of carbonyl (C=O) groups is 1. The summed E-state index contributed by atoms with van der Waals surface area (Å²) in [5, 5.41) is 9.26. The second-order valence-electron chi connectivity index (χ2n) is 2.86. The van der Waals surface area contributed by atoms with Crippen molar-refractivity contribution in [2.24, 2.45) is 0 Å². The van der Waals surface area contributed by atoms with Crippen LogP contribution in [0.25, 0.3) is 0 Å². The lowest BCUT2D eigenvalue weighted by Crippen LogP contribution is -2.01. The van der Waals surface area contributed by atoms with Crippen molar-refractivity contribution in [3.05, 3.63) is 23.3 Å². The maximum absolute atomic E-state index is 12.2. The summed E-state index contributed by atoms with van der Waals surface area (Å²) in [6.45, 7) is 1.20. The lowest BCUT2D eigenvalue weighted by Gasteiger charge is -2.07. The fourth-order valence-corrected chi connectivity index (χ4v) is 1.18. The van der Waals surface area contributed by atoms with Gasteiger partial charge in [-0.05, 0) is 19.1 Å². The lowest BCUT2D eigenvalue weighted by molar-refractivity contribution is 0.101. The Balaban J connectivity index is 3.32. The number of Topliss-reactive ketones (excluding diaryl/α,β-unsaturated/α-hetero) is 1. The maximum atomic E-state index is 12.2. The van der Waals surface area contributed by atoms with Gasteiger partial charge in [0.25, 0.3) is 6.43 Å². The number of phenolic OH excluding ortho intramolecular Hbond substituents is 1. The molecule has 1 aromatic carbocycles. The molecule has 76 valence electrons. The van der Waals surface area contributed by atoms with Crippen molar-refractivity contribution in [3.8, 4) is 5.75 Å². The van der Waals surface area contributed by atoms with Crippen LogP contribution in [-0.2, 0) is 0 Å². The number of nitrogens with two attached hydrogens (primary N) is 1. The Hall–Kier alpha value is -1.65. The van der Waals surface area contributed by atoms with Gasteiger partial charge in [0.15, 0.2) is 5.78 Å². The number of nitrogen functional groups attached to an aromatic ring is 1. The van der Waals surface area contributed by atoms with Crippen LogP contribution in [0.1, 0.15) is 29.3 Å². The Morgan fingerprint density at radius 3 is 2.43 bits per heavy atom. The van der Waals surface area contributed by atoms with Gasteiger partial charge in [0.05, 0.1) is 5.56 Å². The summed E-state index contributed by atoms with van der Waals surface area (Å²) < 4.78 is 24.4. The molecule has 0 bridgehead atoms. The summed E-state index contributed by atoms with van der Waals surface area (Å²) >= 11 is 0. The highest BCUT2D eigenvalue weighted by molar-refractivity contribution is 6.01. The number of rotatable bonds is 2. The van der Waals surface area contributed by atoms with Crippen molar-refractivity contribution in [1.29, 1.82) is 0 Å². The summed E-state index contributed by atoms with van der Waals surface area (Å²) in [5.74, 6) is -0.964. The zero-order valence-corrected chi connectivity index (χ0v) is 7.42. The van der Waals surface area contributed by atoms with Crippen LogP contribution in [0.3, 0.4) is 0 Å². The number of aromatic hydroxyl groups is 1. The zero-order chi connectivity index (χ0) is 10.9. The average Bonchev–Trinajstić information content (AvgIpc) is 2.01. The summed E-state index contributed by atoms with van der Waals surface area (Å²) in [7, 11) is 0. The predicted molar refractivity (Wildman–Crippen MR) is 47.5 cm³/mol. The molecule has 5 heteroatoms. The van der Waals surface area contributed by atoms with Gasteiger partial charge in [-0.25, -0.2) is 8.78 Å². The first-order valence-corrected chi connectivity index (χ1v) is 3.85. The quantitative estimate of drug-likeness (QED) is 0.569. The minimum Gasteiger partial charge on any atom is -0.507 e. The molecule has 0 aliphatic heterocycles. The smallest absolute Gasteiger partial charge is 0.264 e. The molecule has 1 aromatic rings. The molecule has 0 unspecified atom stereocenters. The topological polar surface area (TPSA) is 63.3 Å². The highest BCUT2D eigenvalue weighted by Gasteiger charge is 2.16. The Bertz CT molecular complexity index is 354. The molecule has 3 N–H and O–H groups in total. The Labute approximate surface area is 79.2 Å². The Morgan fingerprint density at radius 1 is 1.50 bits per heavy atom. The maximum Gasteiger partial charge on any atom is 0.264 e. The van der Waals surface area contributed by atoms with Crippen molar-refractivity contribution in [3.63, 3.8) is 0 Å². The number of carbonyl (C=O) groups excluding carboxylic acids is 1. The van der Waals surface area contributed by atoms with Gasteiger partial charge in [-0.2, -0.15) is 0 Å². The van der Waals surface area contributed by atoms with E-state index in [0.29, 0.717) is 0 Å². The molecule has 0 aliphatic carbocycles. The van der Waals surface area contributed by atoms with Crippen LogP contribution in [0.15, 0.2) is 12.1 Å². The molecule has 0 aromatic heterocycles. The van der Waals surface area contributed by atoms with Crippen molar-refractivity contribution < 1.29 is 18.7 Å². The molecule has 3 nitrogen and oxygen atoms in total. The molecule has 0 spiro atoms. The Morgan fingerprint density at radius 2 is 2.07 bits per heavy atom. The van der Waals surface area contributed by atoms with Gasteiger partial charge >= 0.3 is 0 Å². The Kier molecular flexibility index (Phi) is 2.69. The number of anilines is 1. The van der Waals surface area contributed by atoms with Gasteiger partial charge in [-0.15, -0.1) is 0 Å². The first-order valence-electron chi connectivity index (χ1n) is 3.85. The van der Waals surface area contributed by atoms with Crippen LogP contribution in [0.4, 0.5) is 14.5 Å². The summed E-state index contributed by atoms with van der Waals surface area (Å²) in [6.07, 6.45) is -2.72. The molecule has 0 heterocycles. The SMILES string of the molecule is CC(=O)c1c(N)cc(C(F)F)cc1O. The molecule has 0 fully saturated rings. The minimum atomic E-state index is -2.72. The zero-order valence-electron chi connectivity index (χ0n) is 7.42. The molecule has 0 saturated heterocycles. The third kappa shape index (κ3) is 1.81. The van der Waals surface area contributed by atoms with E-state index in [4.69, 9.17) is 5.73 Å². The molecule has 14 heavy (non-hydrogen) atoms. The van der Waals surface area contributed by atoms with E-state index in [1.54, 1.807) is 0 Å². The van der Waals surface area contributed by atoms with Gasteiger partial charge in [0, 0.05) is 11.3 Å². The normalized spacial score (nSPS) is 10.6. The van der Waals surface area contributed by atoms with E-state index in [-0.39, 0.29) is 11.3 Å². The van der Waals surface area contributed by atoms with Crippen LogP contribution in [0.5, 0.6) is 5.75 Å². The number of hydrogen-bond acceptors (Lipinski definition) is 3. The number of phenols is 1. The van der Waals surface area contributed by atoms with Crippen molar-refractivity contribution in [1.82, 2.24) is 0 Å². The lowest BCUT2D eigenvalue weighted by atomic mass is 10.1. The molecular formula is C9H9F2NO2. The van der Waals surface area contributed by atoms with Crippen LogP contribution in [0.2, 0.25) is 0 Å². The molecule has 0 aliphatic rings. The fraction of sp³-hybridized carbons (Fsp3) is 0.222. The predicted octanol–water partition coefficient (Wildman–Crippen LogP) is 2.11. The van der Waals surface area contributed by atoms with E-state index >= 15 is 0 Å². The average molecular weight is 201 g/mol. The van der Waals surface area contributed by atoms with Gasteiger partial charge < -0.3 is 10.8 Å². The molecule has 0 atom stereocenters. The molecule has 0 saturated carbocycles. The first-order chi connectivity index (χ1) is 6.43. The van der Waals surface area contributed by atoms with Crippen LogP contribution in [0, 0.1) is 0 Å². The van der Waals surface area contributed by atoms with E-state index < -0.39 is 23.5 Å². The van der Waals surface area contributed by atoms with E-state index in [1.807, 2.05) is 0 Å². The highest BCUT2D eigenvalue weighted by Crippen LogP contribution is 2.30. The summed E-state index contributed by atoms with van der Waals surface area (Å²) in [6, 6.07) is 1.83. The summed E-state index contributed by atoms with van der Waals surface area (Å²) in [5.41, 5.74) is 4.70. The van der Waals surface area contributed by atoms with Gasteiger partial charge in [-0.3, -0.25) is 4.79 Å². The van der Waals surface area contributed by atoms with Crippen molar-refractivity contribution in [2.45, 2.75) is 13.3 Å².